The average Bonchev–Trinajstić information content (AvgIpc) is 2.18. The van der Waals surface area contributed by atoms with Gasteiger partial charge in [0.05, 0.1) is 12.0 Å². The third kappa shape index (κ3) is 1.59. The number of hydrogen-bond acceptors (Lipinski definition) is 3. The van der Waals surface area contributed by atoms with Crippen molar-refractivity contribution in [3.05, 3.63) is 0 Å². The van der Waals surface area contributed by atoms with Crippen LogP contribution in [-0.4, -0.2) is 30.7 Å². The highest BCUT2D eigenvalue weighted by atomic mass is 16.5. The van der Waals surface area contributed by atoms with E-state index in [2.05, 4.69) is 0 Å². The Balaban J connectivity index is 1.98. The average molecular weight is 198 g/mol. The molecule has 1 aliphatic carbocycles. The number of carbonyl (C=O) groups excluding carboxylic acids is 1. The molecular formula is C11H18O3. The van der Waals surface area contributed by atoms with E-state index < -0.39 is 0 Å². The van der Waals surface area contributed by atoms with E-state index in [1.165, 1.54) is 0 Å². The number of aliphatic hydroxyl groups excluding tert-OH is 1. The number of rotatable bonds is 3. The minimum absolute atomic E-state index is 0.0448. The normalized spacial score (nSPS) is 26.9. The fourth-order valence-corrected chi connectivity index (χ4v) is 2.48. The Morgan fingerprint density at radius 3 is 2.43 bits per heavy atom. The van der Waals surface area contributed by atoms with Crippen LogP contribution < -0.4 is 0 Å². The lowest BCUT2D eigenvalue weighted by molar-refractivity contribution is -0.144. The van der Waals surface area contributed by atoms with E-state index in [-0.39, 0.29) is 17.9 Å². The number of aliphatic hydroxyl groups is 1. The molecule has 0 spiro atoms. The molecule has 0 aromatic heterocycles. The van der Waals surface area contributed by atoms with E-state index in [4.69, 9.17) is 4.74 Å². The van der Waals surface area contributed by atoms with Crippen LogP contribution in [0.4, 0.5) is 0 Å². The quantitative estimate of drug-likeness (QED) is 0.739. The highest BCUT2D eigenvalue weighted by molar-refractivity contribution is 5.88. The largest absolute Gasteiger partial charge is 0.395 e. The highest BCUT2D eigenvalue weighted by Crippen LogP contribution is 2.44. The summed E-state index contributed by atoms with van der Waals surface area (Å²) in [6.07, 6.45) is 4.57. The topological polar surface area (TPSA) is 46.5 Å². The van der Waals surface area contributed by atoms with Crippen LogP contribution in [0.2, 0.25) is 0 Å². The lowest BCUT2D eigenvalue weighted by atomic mass is 9.63. The molecule has 0 aromatic rings. The smallest absolute Gasteiger partial charge is 0.144 e. The van der Waals surface area contributed by atoms with Crippen molar-refractivity contribution in [2.75, 3.05) is 19.8 Å². The van der Waals surface area contributed by atoms with Gasteiger partial charge in [0.2, 0.25) is 0 Å². The minimum atomic E-state index is -0.359. The van der Waals surface area contributed by atoms with Gasteiger partial charge in [0, 0.05) is 19.1 Å². The standard InChI is InChI=1S/C11H18O3/c12-8-11(4-1-5-11)10(13)9-2-6-14-7-3-9/h9,12H,1-8H2. The first-order valence-corrected chi connectivity index (χ1v) is 5.51. The summed E-state index contributed by atoms with van der Waals surface area (Å²) >= 11 is 0. The van der Waals surface area contributed by atoms with E-state index in [0.29, 0.717) is 19.0 Å². The molecule has 0 bridgehead atoms. The molecule has 14 heavy (non-hydrogen) atoms. The van der Waals surface area contributed by atoms with Gasteiger partial charge in [0.15, 0.2) is 0 Å². The summed E-state index contributed by atoms with van der Waals surface area (Å²) in [5, 5.41) is 9.29. The molecule has 2 rings (SSSR count). The maximum atomic E-state index is 12.1. The van der Waals surface area contributed by atoms with Crippen LogP contribution in [0, 0.1) is 11.3 Å². The zero-order valence-electron chi connectivity index (χ0n) is 8.50. The Bertz CT molecular complexity index is 209. The maximum absolute atomic E-state index is 12.1. The molecule has 0 aromatic carbocycles. The molecule has 1 heterocycles. The van der Waals surface area contributed by atoms with Crippen LogP contribution in [0.3, 0.4) is 0 Å². The monoisotopic (exact) mass is 198 g/mol. The van der Waals surface area contributed by atoms with Crippen molar-refractivity contribution in [1.29, 1.82) is 0 Å². The molecule has 0 amide bonds. The second-order valence-electron chi connectivity index (χ2n) is 4.54. The number of ether oxygens (including phenoxy) is 1. The molecule has 80 valence electrons. The van der Waals surface area contributed by atoms with Gasteiger partial charge in [-0.1, -0.05) is 6.42 Å². The van der Waals surface area contributed by atoms with E-state index in [9.17, 15) is 9.90 Å². The van der Waals surface area contributed by atoms with Crippen molar-refractivity contribution in [2.24, 2.45) is 11.3 Å². The predicted molar refractivity (Wildman–Crippen MR) is 51.9 cm³/mol. The molecule has 3 heteroatoms. The second kappa shape index (κ2) is 3.99. The van der Waals surface area contributed by atoms with Crippen molar-refractivity contribution in [1.82, 2.24) is 0 Å². The summed E-state index contributed by atoms with van der Waals surface area (Å²) in [6.45, 7) is 1.46. The second-order valence-corrected chi connectivity index (χ2v) is 4.54. The van der Waals surface area contributed by atoms with Gasteiger partial charge in [-0.05, 0) is 25.7 Å². The van der Waals surface area contributed by atoms with Gasteiger partial charge in [-0.25, -0.2) is 0 Å². The number of carbonyl (C=O) groups is 1. The molecular weight excluding hydrogens is 180 g/mol. The van der Waals surface area contributed by atoms with E-state index >= 15 is 0 Å². The Kier molecular flexibility index (Phi) is 2.88. The van der Waals surface area contributed by atoms with Crippen LogP contribution >= 0.6 is 0 Å². The van der Waals surface area contributed by atoms with Gasteiger partial charge in [-0.3, -0.25) is 4.79 Å². The summed E-state index contributed by atoms with van der Waals surface area (Å²) in [5.41, 5.74) is -0.359. The zero-order chi connectivity index (χ0) is 10.0. The lowest BCUT2D eigenvalue weighted by Gasteiger charge is -2.41. The Morgan fingerprint density at radius 2 is 2.00 bits per heavy atom. The van der Waals surface area contributed by atoms with Gasteiger partial charge in [0.1, 0.15) is 5.78 Å². The van der Waals surface area contributed by atoms with Crippen LogP contribution in [0.1, 0.15) is 32.1 Å². The Hall–Kier alpha value is -0.410. The zero-order valence-corrected chi connectivity index (χ0v) is 8.50. The third-order valence-corrected chi connectivity index (χ3v) is 3.73. The summed E-state index contributed by atoms with van der Waals surface area (Å²) in [6, 6.07) is 0. The predicted octanol–water partition coefficient (Wildman–Crippen LogP) is 1.14. The van der Waals surface area contributed by atoms with Crippen molar-refractivity contribution >= 4 is 5.78 Å². The SMILES string of the molecule is O=C(C1CCOCC1)C1(CO)CCC1. The first kappa shape index (κ1) is 10.1. The molecule has 1 aliphatic heterocycles. The van der Waals surface area contributed by atoms with Crippen LogP contribution in [-0.2, 0) is 9.53 Å². The number of hydrogen-bond donors (Lipinski definition) is 1. The minimum Gasteiger partial charge on any atom is -0.395 e. The third-order valence-electron chi connectivity index (χ3n) is 3.73. The maximum Gasteiger partial charge on any atom is 0.144 e. The van der Waals surface area contributed by atoms with E-state index in [1.54, 1.807) is 0 Å². The first-order chi connectivity index (χ1) is 6.78. The number of Topliss-reactive ketones (excluding diaryl/α,β-unsaturated/α-hetero) is 1. The van der Waals surface area contributed by atoms with Gasteiger partial charge < -0.3 is 9.84 Å². The Morgan fingerprint density at radius 1 is 1.36 bits per heavy atom. The van der Waals surface area contributed by atoms with Crippen LogP contribution in [0.5, 0.6) is 0 Å². The molecule has 0 atom stereocenters. The summed E-state index contributed by atoms with van der Waals surface area (Å²) in [4.78, 5) is 12.1. The molecule has 1 saturated carbocycles. The summed E-state index contributed by atoms with van der Waals surface area (Å²) in [7, 11) is 0. The molecule has 0 unspecified atom stereocenters. The van der Waals surface area contributed by atoms with Crippen molar-refractivity contribution in [3.8, 4) is 0 Å². The summed E-state index contributed by atoms with van der Waals surface area (Å²) in [5.74, 6) is 0.450. The molecule has 3 nitrogen and oxygen atoms in total. The van der Waals surface area contributed by atoms with E-state index in [0.717, 1.165) is 32.1 Å². The fraction of sp³-hybridized carbons (Fsp3) is 0.909. The van der Waals surface area contributed by atoms with Gasteiger partial charge in [-0.2, -0.15) is 0 Å². The van der Waals surface area contributed by atoms with Crippen LogP contribution in [0.15, 0.2) is 0 Å². The lowest BCUT2D eigenvalue weighted by Crippen LogP contribution is -2.45. The molecule has 0 radical (unpaired) electrons. The van der Waals surface area contributed by atoms with Gasteiger partial charge >= 0.3 is 0 Å². The fourth-order valence-electron chi connectivity index (χ4n) is 2.48. The van der Waals surface area contributed by atoms with Gasteiger partial charge in [-0.15, -0.1) is 0 Å². The highest BCUT2D eigenvalue weighted by Gasteiger charge is 2.46. The van der Waals surface area contributed by atoms with Crippen LogP contribution in [0.25, 0.3) is 0 Å². The Labute approximate surface area is 84.4 Å². The van der Waals surface area contributed by atoms with Crippen molar-refractivity contribution in [2.45, 2.75) is 32.1 Å². The summed E-state index contributed by atoms with van der Waals surface area (Å²) < 4.78 is 5.23. The molecule has 2 fully saturated rings. The van der Waals surface area contributed by atoms with Crippen molar-refractivity contribution in [3.63, 3.8) is 0 Å². The van der Waals surface area contributed by atoms with Crippen molar-refractivity contribution < 1.29 is 14.6 Å². The molecule has 1 saturated heterocycles. The number of ketones is 1. The first-order valence-electron chi connectivity index (χ1n) is 5.51. The molecule has 2 aliphatic rings. The molecule has 1 N–H and O–H groups in total. The van der Waals surface area contributed by atoms with E-state index in [1.807, 2.05) is 0 Å². The van der Waals surface area contributed by atoms with Gasteiger partial charge in [0.25, 0.3) is 0 Å².